The highest BCUT2D eigenvalue weighted by Gasteiger charge is 2.36. The number of rotatable bonds is 4. The van der Waals surface area contributed by atoms with E-state index in [-0.39, 0.29) is 9.79 Å². The summed E-state index contributed by atoms with van der Waals surface area (Å²) in [5, 5.41) is 0. The first-order valence-electron chi connectivity index (χ1n) is 8.00. The Bertz CT molecular complexity index is 804. The lowest BCUT2D eigenvalue weighted by Crippen LogP contribution is -2.51. The van der Waals surface area contributed by atoms with Crippen LogP contribution in [0.25, 0.3) is 0 Å². The van der Waals surface area contributed by atoms with Gasteiger partial charge < -0.3 is 0 Å². The van der Waals surface area contributed by atoms with E-state index >= 15 is 0 Å². The smallest absolute Gasteiger partial charge is 0.243 e. The van der Waals surface area contributed by atoms with E-state index in [1.165, 1.54) is 42.7 Å². The molecule has 0 aliphatic carbocycles. The van der Waals surface area contributed by atoms with Gasteiger partial charge in [0, 0.05) is 39.8 Å². The summed E-state index contributed by atoms with van der Waals surface area (Å²) in [6.07, 6.45) is 2.15. The average molecular weight is 374 g/mol. The van der Waals surface area contributed by atoms with Gasteiger partial charge in [0.1, 0.15) is 0 Å². The second kappa shape index (κ2) is 6.38. The van der Waals surface area contributed by atoms with Gasteiger partial charge in [-0.15, -0.1) is 0 Å². The maximum atomic E-state index is 12.8. The Hall–Kier alpha value is -1.00. The first kappa shape index (κ1) is 17.8. The van der Waals surface area contributed by atoms with Crippen molar-refractivity contribution in [2.45, 2.75) is 28.7 Å². The third-order valence-electron chi connectivity index (χ3n) is 4.79. The number of nitrogens with zero attached hydrogens (tertiary/aromatic N) is 3. The van der Waals surface area contributed by atoms with E-state index in [9.17, 15) is 16.8 Å². The van der Waals surface area contributed by atoms with Crippen LogP contribution in [0.1, 0.15) is 12.8 Å². The summed E-state index contributed by atoms with van der Waals surface area (Å²) in [7, 11) is -4.25. The first-order valence-corrected chi connectivity index (χ1v) is 10.9. The van der Waals surface area contributed by atoms with Gasteiger partial charge >= 0.3 is 0 Å². The molecule has 0 aromatic heterocycles. The zero-order valence-electron chi connectivity index (χ0n) is 13.9. The van der Waals surface area contributed by atoms with Crippen LogP contribution < -0.4 is 0 Å². The summed E-state index contributed by atoms with van der Waals surface area (Å²) >= 11 is 0. The zero-order valence-corrected chi connectivity index (χ0v) is 15.6. The van der Waals surface area contributed by atoms with Crippen molar-refractivity contribution in [3.8, 4) is 0 Å². The zero-order chi connectivity index (χ0) is 17.5. The van der Waals surface area contributed by atoms with Crippen molar-refractivity contribution < 1.29 is 16.8 Å². The van der Waals surface area contributed by atoms with Crippen LogP contribution in [-0.4, -0.2) is 76.7 Å². The highest BCUT2D eigenvalue weighted by atomic mass is 32.2. The highest BCUT2D eigenvalue weighted by Crippen LogP contribution is 2.26. The van der Waals surface area contributed by atoms with E-state index < -0.39 is 20.0 Å². The maximum absolute atomic E-state index is 12.8. The molecule has 0 bridgehead atoms. The molecule has 3 rings (SSSR count). The fourth-order valence-corrected chi connectivity index (χ4v) is 5.69. The predicted octanol–water partition coefficient (Wildman–Crippen LogP) is 0.406. The lowest BCUT2D eigenvalue weighted by atomic mass is 10.2. The molecule has 0 saturated carbocycles. The SMILES string of the molecule is CN(C)S(=O)(=O)c1ccc(S(=O)(=O)N2CCN3CCCC3C2)cc1. The number of hydrogen-bond donors (Lipinski definition) is 0. The maximum Gasteiger partial charge on any atom is 0.243 e. The van der Waals surface area contributed by atoms with Crippen molar-refractivity contribution in [2.24, 2.45) is 0 Å². The van der Waals surface area contributed by atoms with E-state index in [1.807, 2.05) is 0 Å². The Balaban J connectivity index is 1.83. The molecule has 7 nitrogen and oxygen atoms in total. The molecule has 2 heterocycles. The van der Waals surface area contributed by atoms with Crippen LogP contribution in [0.15, 0.2) is 34.1 Å². The molecule has 9 heteroatoms. The molecule has 2 aliphatic rings. The minimum Gasteiger partial charge on any atom is -0.298 e. The van der Waals surface area contributed by atoms with Gasteiger partial charge in [0.2, 0.25) is 20.0 Å². The topological polar surface area (TPSA) is 78.0 Å². The van der Waals surface area contributed by atoms with Gasteiger partial charge in [-0.2, -0.15) is 4.31 Å². The Labute approximate surface area is 144 Å². The molecule has 24 heavy (non-hydrogen) atoms. The Morgan fingerprint density at radius 1 is 0.958 bits per heavy atom. The lowest BCUT2D eigenvalue weighted by molar-refractivity contribution is 0.158. The quantitative estimate of drug-likeness (QED) is 0.764. The monoisotopic (exact) mass is 373 g/mol. The predicted molar refractivity (Wildman–Crippen MR) is 90.7 cm³/mol. The second-order valence-electron chi connectivity index (χ2n) is 6.45. The largest absolute Gasteiger partial charge is 0.298 e. The fraction of sp³-hybridized carbons (Fsp3) is 0.600. The van der Waals surface area contributed by atoms with Crippen molar-refractivity contribution in [1.29, 1.82) is 0 Å². The number of benzene rings is 1. The lowest BCUT2D eigenvalue weighted by Gasteiger charge is -2.36. The Kier molecular flexibility index (Phi) is 4.73. The van der Waals surface area contributed by atoms with E-state index in [0.717, 1.165) is 30.2 Å². The van der Waals surface area contributed by atoms with Crippen LogP contribution in [0.3, 0.4) is 0 Å². The van der Waals surface area contributed by atoms with Crippen LogP contribution in [0.2, 0.25) is 0 Å². The number of hydrogen-bond acceptors (Lipinski definition) is 5. The second-order valence-corrected chi connectivity index (χ2v) is 10.5. The molecule has 2 fully saturated rings. The third-order valence-corrected chi connectivity index (χ3v) is 8.50. The standard InChI is InChI=1S/C15H23N3O4S2/c1-16(2)23(19,20)14-5-7-15(8-6-14)24(21,22)18-11-10-17-9-3-4-13(17)12-18/h5-8,13H,3-4,9-12H2,1-2H3. The summed E-state index contributed by atoms with van der Waals surface area (Å²) in [4.78, 5) is 2.58. The number of fused-ring (bicyclic) bond motifs is 1. The number of piperazine rings is 1. The molecular weight excluding hydrogens is 350 g/mol. The molecule has 0 amide bonds. The van der Waals surface area contributed by atoms with E-state index in [4.69, 9.17) is 0 Å². The van der Waals surface area contributed by atoms with Gasteiger partial charge in [0.15, 0.2) is 0 Å². The molecule has 1 aromatic rings. The molecule has 0 N–H and O–H groups in total. The van der Waals surface area contributed by atoms with Crippen molar-refractivity contribution in [3.63, 3.8) is 0 Å². The van der Waals surface area contributed by atoms with Gasteiger partial charge in [-0.25, -0.2) is 21.1 Å². The first-order chi connectivity index (χ1) is 11.2. The number of sulfonamides is 2. The van der Waals surface area contributed by atoms with Crippen molar-refractivity contribution in [2.75, 3.05) is 40.3 Å². The summed E-state index contributed by atoms with van der Waals surface area (Å²) in [5.74, 6) is 0. The van der Waals surface area contributed by atoms with E-state index in [2.05, 4.69) is 4.90 Å². The molecule has 1 aromatic carbocycles. The fourth-order valence-electron chi connectivity index (χ4n) is 3.32. The molecule has 134 valence electrons. The van der Waals surface area contributed by atoms with Gasteiger partial charge in [0.25, 0.3) is 0 Å². The van der Waals surface area contributed by atoms with Crippen molar-refractivity contribution in [1.82, 2.24) is 13.5 Å². The molecule has 0 spiro atoms. The minimum absolute atomic E-state index is 0.0899. The van der Waals surface area contributed by atoms with Gasteiger partial charge in [-0.3, -0.25) is 4.90 Å². The van der Waals surface area contributed by atoms with Crippen LogP contribution in [0.4, 0.5) is 0 Å². The molecule has 1 unspecified atom stereocenters. The summed E-state index contributed by atoms with van der Waals surface area (Å²) < 4.78 is 52.4. The average Bonchev–Trinajstić information content (AvgIpc) is 3.02. The van der Waals surface area contributed by atoms with Gasteiger partial charge in [0.05, 0.1) is 9.79 Å². The van der Waals surface area contributed by atoms with Gasteiger partial charge in [-0.05, 0) is 43.7 Å². The minimum atomic E-state index is -3.58. The van der Waals surface area contributed by atoms with Crippen molar-refractivity contribution >= 4 is 20.0 Å². The van der Waals surface area contributed by atoms with Crippen molar-refractivity contribution in [3.05, 3.63) is 24.3 Å². The molecule has 1 atom stereocenters. The summed E-state index contributed by atoms with van der Waals surface area (Å²) in [6.45, 7) is 2.81. The molecule has 2 saturated heterocycles. The van der Waals surface area contributed by atoms with Crippen LogP contribution in [0, 0.1) is 0 Å². The third kappa shape index (κ3) is 3.11. The Morgan fingerprint density at radius 2 is 1.58 bits per heavy atom. The summed E-state index contributed by atoms with van der Waals surface area (Å²) in [5.41, 5.74) is 0. The molecule has 0 radical (unpaired) electrons. The normalized spacial score (nSPS) is 23.5. The van der Waals surface area contributed by atoms with E-state index in [1.54, 1.807) is 0 Å². The van der Waals surface area contributed by atoms with E-state index in [0.29, 0.717) is 19.1 Å². The van der Waals surface area contributed by atoms with Gasteiger partial charge in [-0.1, -0.05) is 0 Å². The summed E-state index contributed by atoms with van der Waals surface area (Å²) in [6, 6.07) is 5.78. The van der Waals surface area contributed by atoms with Crippen LogP contribution in [0.5, 0.6) is 0 Å². The highest BCUT2D eigenvalue weighted by molar-refractivity contribution is 7.89. The van der Waals surface area contributed by atoms with Crippen LogP contribution >= 0.6 is 0 Å². The molecule has 2 aliphatic heterocycles. The molecular formula is C15H23N3O4S2. The van der Waals surface area contributed by atoms with Crippen LogP contribution in [-0.2, 0) is 20.0 Å². The Morgan fingerprint density at radius 3 is 2.21 bits per heavy atom.